The number of benzene rings is 2. The molecule has 0 bridgehead atoms. The van der Waals surface area contributed by atoms with Gasteiger partial charge in [0.25, 0.3) is 0 Å². The second-order valence-corrected chi connectivity index (χ2v) is 5.00. The molecule has 2 aromatic rings. The third-order valence-corrected chi connectivity index (χ3v) is 3.51. The summed E-state index contributed by atoms with van der Waals surface area (Å²) in [5, 5.41) is 13.1. The van der Waals surface area contributed by atoms with E-state index in [0.717, 1.165) is 11.1 Å². The number of carboxylic acids is 1. The minimum absolute atomic E-state index is 0.162. The number of nitrogens with one attached hydrogen (secondary N) is 1. The first-order valence-electron chi connectivity index (χ1n) is 6.38. The van der Waals surface area contributed by atoms with E-state index in [1.165, 1.54) is 0 Å². The van der Waals surface area contributed by atoms with Crippen molar-refractivity contribution in [2.24, 2.45) is 0 Å². The highest BCUT2D eigenvalue weighted by Crippen LogP contribution is 2.25. The fourth-order valence-corrected chi connectivity index (χ4v) is 2.42. The molecule has 0 radical (unpaired) electrons. The third-order valence-electron chi connectivity index (χ3n) is 3.17. The van der Waals surface area contributed by atoms with Gasteiger partial charge in [-0.2, -0.15) is 0 Å². The molecule has 0 saturated carbocycles. The lowest BCUT2D eigenvalue weighted by Gasteiger charge is -2.21. The van der Waals surface area contributed by atoms with Crippen molar-refractivity contribution >= 4 is 17.6 Å². The third kappa shape index (κ3) is 3.38. The average Bonchev–Trinajstić information content (AvgIpc) is 2.45. The molecule has 104 valence electrons. The van der Waals surface area contributed by atoms with Crippen molar-refractivity contribution in [3.8, 4) is 0 Å². The molecule has 2 atom stereocenters. The normalized spacial score (nSPS) is 13.7. The highest BCUT2D eigenvalue weighted by atomic mass is 35.5. The quantitative estimate of drug-likeness (QED) is 0.880. The zero-order chi connectivity index (χ0) is 14.5. The molecular weight excluding hydrogens is 274 g/mol. The highest BCUT2D eigenvalue weighted by molar-refractivity contribution is 6.31. The second kappa shape index (κ2) is 6.55. The Balaban J connectivity index is 2.21. The molecule has 2 aromatic carbocycles. The molecule has 0 aliphatic carbocycles. The van der Waals surface area contributed by atoms with Crippen molar-refractivity contribution < 1.29 is 9.90 Å². The SMILES string of the molecule is C[C@@H](NC(C(=O)O)c1ccccc1)c1ccccc1Cl. The summed E-state index contributed by atoms with van der Waals surface area (Å²) < 4.78 is 0. The first kappa shape index (κ1) is 14.6. The summed E-state index contributed by atoms with van der Waals surface area (Å²) in [6.45, 7) is 1.90. The van der Waals surface area contributed by atoms with Gasteiger partial charge in [0, 0.05) is 11.1 Å². The van der Waals surface area contributed by atoms with E-state index >= 15 is 0 Å². The smallest absolute Gasteiger partial charge is 0.325 e. The van der Waals surface area contributed by atoms with Crippen molar-refractivity contribution in [1.82, 2.24) is 5.32 Å². The van der Waals surface area contributed by atoms with Gasteiger partial charge in [-0.25, -0.2) is 0 Å². The van der Waals surface area contributed by atoms with Crippen molar-refractivity contribution in [1.29, 1.82) is 0 Å². The van der Waals surface area contributed by atoms with Crippen molar-refractivity contribution in [3.63, 3.8) is 0 Å². The second-order valence-electron chi connectivity index (χ2n) is 4.59. The summed E-state index contributed by atoms with van der Waals surface area (Å²) in [7, 11) is 0. The van der Waals surface area contributed by atoms with E-state index in [-0.39, 0.29) is 6.04 Å². The van der Waals surface area contributed by atoms with E-state index in [2.05, 4.69) is 5.32 Å². The Morgan fingerprint density at radius 3 is 2.30 bits per heavy atom. The van der Waals surface area contributed by atoms with Crippen LogP contribution in [-0.2, 0) is 4.79 Å². The first-order valence-corrected chi connectivity index (χ1v) is 6.75. The molecule has 0 aromatic heterocycles. The Hall–Kier alpha value is -1.84. The van der Waals surface area contributed by atoms with Gasteiger partial charge in [-0.15, -0.1) is 0 Å². The van der Waals surface area contributed by atoms with Gasteiger partial charge in [0.15, 0.2) is 0 Å². The minimum Gasteiger partial charge on any atom is -0.480 e. The summed E-state index contributed by atoms with van der Waals surface area (Å²) in [4.78, 5) is 11.5. The van der Waals surface area contributed by atoms with Crippen LogP contribution in [0.2, 0.25) is 5.02 Å². The molecule has 0 fully saturated rings. The van der Waals surface area contributed by atoms with Gasteiger partial charge in [-0.1, -0.05) is 60.1 Å². The maximum atomic E-state index is 11.5. The Morgan fingerprint density at radius 1 is 1.10 bits per heavy atom. The molecule has 4 heteroatoms. The standard InChI is InChI=1S/C16H16ClNO2/c1-11(13-9-5-6-10-14(13)17)18-15(16(19)20)12-7-3-2-4-8-12/h2-11,15,18H,1H3,(H,19,20)/t11-,15?/m1/s1. The van der Waals surface area contributed by atoms with E-state index in [1.54, 1.807) is 18.2 Å². The van der Waals surface area contributed by atoms with E-state index in [4.69, 9.17) is 11.6 Å². The van der Waals surface area contributed by atoms with Gasteiger partial charge < -0.3 is 5.11 Å². The van der Waals surface area contributed by atoms with Gasteiger partial charge in [0.1, 0.15) is 6.04 Å². The van der Waals surface area contributed by atoms with Crippen LogP contribution < -0.4 is 5.32 Å². The van der Waals surface area contributed by atoms with Crippen LogP contribution in [0.4, 0.5) is 0 Å². The number of carboxylic acid groups (broad SMARTS) is 1. The van der Waals surface area contributed by atoms with E-state index < -0.39 is 12.0 Å². The topological polar surface area (TPSA) is 49.3 Å². The Morgan fingerprint density at radius 2 is 1.70 bits per heavy atom. The predicted molar refractivity (Wildman–Crippen MR) is 79.8 cm³/mol. The zero-order valence-corrected chi connectivity index (χ0v) is 11.8. The zero-order valence-electron chi connectivity index (χ0n) is 11.1. The van der Waals surface area contributed by atoms with Crippen LogP contribution in [0.1, 0.15) is 30.1 Å². The van der Waals surface area contributed by atoms with Crippen molar-refractivity contribution in [2.75, 3.05) is 0 Å². The lowest BCUT2D eigenvalue weighted by atomic mass is 10.0. The molecule has 0 spiro atoms. The molecule has 0 aliphatic heterocycles. The number of hydrogen-bond donors (Lipinski definition) is 2. The summed E-state index contributed by atoms with van der Waals surface area (Å²) in [5.74, 6) is -0.907. The number of rotatable bonds is 5. The van der Waals surface area contributed by atoms with Gasteiger partial charge in [0.05, 0.1) is 0 Å². The predicted octanol–water partition coefficient (Wildman–Crippen LogP) is 3.82. The molecule has 1 unspecified atom stereocenters. The van der Waals surface area contributed by atoms with Crippen LogP contribution in [0.15, 0.2) is 54.6 Å². The number of hydrogen-bond acceptors (Lipinski definition) is 2. The molecule has 0 heterocycles. The van der Waals surface area contributed by atoms with Crippen molar-refractivity contribution in [3.05, 3.63) is 70.7 Å². The van der Waals surface area contributed by atoms with Crippen LogP contribution in [0.3, 0.4) is 0 Å². The molecule has 0 aliphatic rings. The van der Waals surface area contributed by atoms with E-state index in [9.17, 15) is 9.90 Å². The number of halogens is 1. The molecule has 3 nitrogen and oxygen atoms in total. The fourth-order valence-electron chi connectivity index (χ4n) is 2.12. The van der Waals surface area contributed by atoms with Crippen LogP contribution in [0, 0.1) is 0 Å². The monoisotopic (exact) mass is 289 g/mol. The summed E-state index contributed by atoms with van der Waals surface area (Å²) in [5.41, 5.74) is 1.61. The fraction of sp³-hybridized carbons (Fsp3) is 0.188. The lowest BCUT2D eigenvalue weighted by Crippen LogP contribution is -2.30. The lowest BCUT2D eigenvalue weighted by molar-refractivity contribution is -0.139. The molecule has 0 amide bonds. The molecule has 2 rings (SSSR count). The highest BCUT2D eigenvalue weighted by Gasteiger charge is 2.22. The summed E-state index contributed by atoms with van der Waals surface area (Å²) >= 11 is 6.14. The van der Waals surface area contributed by atoms with Crippen LogP contribution in [0.5, 0.6) is 0 Å². The summed E-state index contributed by atoms with van der Waals surface area (Å²) in [6, 6.07) is 15.6. The maximum absolute atomic E-state index is 11.5. The van der Waals surface area contributed by atoms with Crippen molar-refractivity contribution in [2.45, 2.75) is 19.0 Å². The minimum atomic E-state index is -0.907. The number of carbonyl (C=O) groups is 1. The van der Waals surface area contributed by atoms with E-state index in [1.807, 2.05) is 43.3 Å². The molecular formula is C16H16ClNO2. The van der Waals surface area contributed by atoms with Crippen LogP contribution in [-0.4, -0.2) is 11.1 Å². The average molecular weight is 290 g/mol. The van der Waals surface area contributed by atoms with Gasteiger partial charge >= 0.3 is 5.97 Å². The van der Waals surface area contributed by atoms with Crippen LogP contribution >= 0.6 is 11.6 Å². The number of aliphatic carboxylic acids is 1. The Bertz CT molecular complexity index is 586. The molecule has 2 N–H and O–H groups in total. The van der Waals surface area contributed by atoms with Gasteiger partial charge in [0.2, 0.25) is 0 Å². The summed E-state index contributed by atoms with van der Waals surface area (Å²) in [6.07, 6.45) is 0. The Labute approximate surface area is 123 Å². The van der Waals surface area contributed by atoms with Gasteiger partial charge in [-0.05, 0) is 24.1 Å². The first-order chi connectivity index (χ1) is 9.59. The molecule has 20 heavy (non-hydrogen) atoms. The Kier molecular flexibility index (Phi) is 4.77. The molecule has 0 saturated heterocycles. The van der Waals surface area contributed by atoms with Gasteiger partial charge in [-0.3, -0.25) is 10.1 Å². The van der Waals surface area contributed by atoms with Crippen LogP contribution in [0.25, 0.3) is 0 Å². The van der Waals surface area contributed by atoms with E-state index in [0.29, 0.717) is 5.02 Å². The maximum Gasteiger partial charge on any atom is 0.325 e. The largest absolute Gasteiger partial charge is 0.480 e.